The highest BCUT2D eigenvalue weighted by atomic mass is 16.2. The minimum absolute atomic E-state index is 0.219. The molecule has 0 aromatic heterocycles. The number of rotatable bonds is 6. The first kappa shape index (κ1) is 16.0. The van der Waals surface area contributed by atoms with Crippen molar-refractivity contribution in [2.24, 2.45) is 5.41 Å². The normalized spacial score (nSPS) is 15.0. The third-order valence-electron chi connectivity index (χ3n) is 3.71. The Hall–Kier alpha value is -2.39. The number of nitriles is 1. The monoisotopic (exact) mass is 300 g/mol. The number of hydrogen-bond donors (Lipinski definition) is 2. The van der Waals surface area contributed by atoms with Crippen LogP contribution in [0.3, 0.4) is 0 Å². The molecule has 1 saturated carbocycles. The first-order valence-corrected chi connectivity index (χ1v) is 7.22. The van der Waals surface area contributed by atoms with Crippen LogP contribution in [0, 0.1) is 16.7 Å². The van der Waals surface area contributed by atoms with Gasteiger partial charge < -0.3 is 15.5 Å². The summed E-state index contributed by atoms with van der Waals surface area (Å²) >= 11 is 0. The van der Waals surface area contributed by atoms with Crippen LogP contribution < -0.4 is 10.6 Å². The predicted octanol–water partition coefficient (Wildman–Crippen LogP) is 0.955. The second-order valence-corrected chi connectivity index (χ2v) is 5.79. The van der Waals surface area contributed by atoms with Gasteiger partial charge in [0.05, 0.1) is 11.6 Å². The van der Waals surface area contributed by atoms with Crippen molar-refractivity contribution in [1.29, 1.82) is 5.26 Å². The van der Waals surface area contributed by atoms with Crippen molar-refractivity contribution in [3.63, 3.8) is 0 Å². The zero-order valence-corrected chi connectivity index (χ0v) is 12.8. The van der Waals surface area contributed by atoms with E-state index < -0.39 is 5.41 Å². The molecule has 0 bridgehead atoms. The molecule has 0 heterocycles. The Balaban J connectivity index is 1.96. The fourth-order valence-corrected chi connectivity index (χ4v) is 2.16. The number of nitrogens with one attached hydrogen (secondary N) is 2. The fraction of sp³-hybridized carbons (Fsp3) is 0.438. The summed E-state index contributed by atoms with van der Waals surface area (Å²) in [6.07, 6.45) is 1.12. The van der Waals surface area contributed by atoms with Crippen molar-refractivity contribution in [2.75, 3.05) is 32.5 Å². The van der Waals surface area contributed by atoms with Crippen LogP contribution in [0.15, 0.2) is 24.3 Å². The number of hydrogen-bond acceptors (Lipinski definition) is 4. The first-order chi connectivity index (χ1) is 10.5. The Morgan fingerprint density at radius 2 is 2.05 bits per heavy atom. The number of carbonyl (C=O) groups is 2. The molecular weight excluding hydrogens is 280 g/mol. The maximum atomic E-state index is 12.4. The number of nitrogens with zero attached hydrogens (tertiary/aromatic N) is 2. The molecule has 1 aliphatic carbocycles. The van der Waals surface area contributed by atoms with Crippen molar-refractivity contribution >= 4 is 17.5 Å². The molecule has 1 fully saturated rings. The van der Waals surface area contributed by atoms with E-state index >= 15 is 0 Å². The van der Waals surface area contributed by atoms with Gasteiger partial charge in [-0.25, -0.2) is 0 Å². The lowest BCUT2D eigenvalue weighted by molar-refractivity contribution is -0.134. The van der Waals surface area contributed by atoms with Crippen LogP contribution in [0.25, 0.3) is 0 Å². The van der Waals surface area contributed by atoms with E-state index in [1.807, 2.05) is 25.1 Å². The van der Waals surface area contributed by atoms with Crippen LogP contribution in [0.4, 0.5) is 5.69 Å². The summed E-state index contributed by atoms with van der Waals surface area (Å²) in [4.78, 5) is 26.6. The molecule has 0 saturated heterocycles. The molecule has 0 radical (unpaired) electrons. The highest BCUT2D eigenvalue weighted by Gasteiger charge is 2.56. The van der Waals surface area contributed by atoms with Crippen LogP contribution >= 0.6 is 0 Å². The number of carbonyl (C=O) groups excluding carboxylic acids is 2. The average molecular weight is 300 g/mol. The molecule has 0 aliphatic heterocycles. The Bertz CT molecular complexity index is 615. The maximum Gasteiger partial charge on any atom is 0.240 e. The molecule has 1 aromatic rings. The Morgan fingerprint density at radius 1 is 1.32 bits per heavy atom. The average Bonchev–Trinajstić information content (AvgIpc) is 3.28. The summed E-state index contributed by atoms with van der Waals surface area (Å²) in [5.41, 5.74) is 0.0594. The van der Waals surface area contributed by atoms with Gasteiger partial charge in [-0.15, -0.1) is 0 Å². The molecule has 1 aromatic carbocycles. The minimum Gasteiger partial charge on any atom is -0.354 e. The van der Waals surface area contributed by atoms with Crippen molar-refractivity contribution in [3.05, 3.63) is 29.8 Å². The summed E-state index contributed by atoms with van der Waals surface area (Å²) in [7, 11) is 3.85. The van der Waals surface area contributed by atoms with Crippen LogP contribution in [-0.4, -0.2) is 43.9 Å². The highest BCUT2D eigenvalue weighted by Crippen LogP contribution is 2.46. The third kappa shape index (κ3) is 3.62. The van der Waals surface area contributed by atoms with Gasteiger partial charge in [0, 0.05) is 18.8 Å². The van der Waals surface area contributed by atoms with Gasteiger partial charge in [0.2, 0.25) is 11.8 Å². The molecule has 0 spiro atoms. The largest absolute Gasteiger partial charge is 0.354 e. The van der Waals surface area contributed by atoms with Gasteiger partial charge in [-0.1, -0.05) is 6.07 Å². The van der Waals surface area contributed by atoms with Gasteiger partial charge >= 0.3 is 0 Å². The van der Waals surface area contributed by atoms with E-state index in [0.717, 1.165) is 6.54 Å². The summed E-state index contributed by atoms with van der Waals surface area (Å²) in [5.74, 6) is -0.520. The molecular formula is C16H20N4O2. The topological polar surface area (TPSA) is 85.2 Å². The van der Waals surface area contributed by atoms with Gasteiger partial charge in [0.15, 0.2) is 0 Å². The van der Waals surface area contributed by atoms with E-state index in [9.17, 15) is 9.59 Å². The molecule has 116 valence electrons. The van der Waals surface area contributed by atoms with E-state index in [0.29, 0.717) is 30.6 Å². The molecule has 1 aliphatic rings. The number of amides is 2. The first-order valence-electron chi connectivity index (χ1n) is 7.22. The van der Waals surface area contributed by atoms with Gasteiger partial charge in [0.1, 0.15) is 5.41 Å². The molecule has 6 nitrogen and oxygen atoms in total. The number of benzene rings is 1. The fourth-order valence-electron chi connectivity index (χ4n) is 2.16. The second kappa shape index (κ2) is 6.58. The highest BCUT2D eigenvalue weighted by molar-refractivity contribution is 6.13. The van der Waals surface area contributed by atoms with E-state index in [1.165, 1.54) is 0 Å². The van der Waals surface area contributed by atoms with Gasteiger partial charge in [-0.05, 0) is 45.1 Å². The SMILES string of the molecule is CN(C)CCNC(=O)C1(C(=O)Nc2cccc(C#N)c2)CC1. The third-order valence-corrected chi connectivity index (χ3v) is 3.71. The van der Waals surface area contributed by atoms with E-state index in [-0.39, 0.29) is 11.8 Å². The summed E-state index contributed by atoms with van der Waals surface area (Å²) in [5, 5.41) is 14.4. The standard InChI is InChI=1S/C16H20N4O2/c1-20(2)9-8-18-14(21)16(6-7-16)15(22)19-13-5-3-4-12(10-13)11-17/h3-5,10H,6-9H2,1-2H3,(H,18,21)(H,19,22). The molecule has 6 heteroatoms. The van der Waals surface area contributed by atoms with E-state index in [4.69, 9.17) is 5.26 Å². The lowest BCUT2D eigenvalue weighted by Gasteiger charge is -2.16. The Kier molecular flexibility index (Phi) is 4.78. The quantitative estimate of drug-likeness (QED) is 0.766. The lowest BCUT2D eigenvalue weighted by Crippen LogP contribution is -2.42. The van der Waals surface area contributed by atoms with Crippen molar-refractivity contribution in [2.45, 2.75) is 12.8 Å². The summed E-state index contributed by atoms with van der Waals surface area (Å²) < 4.78 is 0. The smallest absolute Gasteiger partial charge is 0.240 e. The van der Waals surface area contributed by atoms with E-state index in [1.54, 1.807) is 24.3 Å². The van der Waals surface area contributed by atoms with Crippen LogP contribution in [0.5, 0.6) is 0 Å². The zero-order valence-electron chi connectivity index (χ0n) is 12.8. The molecule has 22 heavy (non-hydrogen) atoms. The molecule has 0 atom stereocenters. The molecule has 2 N–H and O–H groups in total. The van der Waals surface area contributed by atoms with Crippen LogP contribution in [0.1, 0.15) is 18.4 Å². The van der Waals surface area contributed by atoms with Gasteiger partial charge in [-0.2, -0.15) is 5.26 Å². The number of likely N-dealkylation sites (N-methyl/N-ethyl adjacent to an activating group) is 1. The van der Waals surface area contributed by atoms with Crippen LogP contribution in [-0.2, 0) is 9.59 Å². The zero-order chi connectivity index (χ0) is 16.2. The van der Waals surface area contributed by atoms with E-state index in [2.05, 4.69) is 10.6 Å². The summed E-state index contributed by atoms with van der Waals surface area (Å²) in [6, 6.07) is 8.69. The van der Waals surface area contributed by atoms with Crippen molar-refractivity contribution in [1.82, 2.24) is 10.2 Å². The summed E-state index contributed by atoms with van der Waals surface area (Å²) in [6.45, 7) is 1.25. The maximum absolute atomic E-state index is 12.4. The van der Waals surface area contributed by atoms with Crippen LogP contribution in [0.2, 0.25) is 0 Å². The molecule has 2 rings (SSSR count). The minimum atomic E-state index is -0.949. The second-order valence-electron chi connectivity index (χ2n) is 5.79. The van der Waals surface area contributed by atoms with Crippen molar-refractivity contribution < 1.29 is 9.59 Å². The van der Waals surface area contributed by atoms with Gasteiger partial charge in [-0.3, -0.25) is 9.59 Å². The predicted molar refractivity (Wildman–Crippen MR) is 83.0 cm³/mol. The number of anilines is 1. The van der Waals surface area contributed by atoms with Crippen molar-refractivity contribution in [3.8, 4) is 6.07 Å². The Morgan fingerprint density at radius 3 is 2.64 bits per heavy atom. The Labute approximate surface area is 130 Å². The lowest BCUT2D eigenvalue weighted by atomic mass is 10.0. The molecule has 2 amide bonds. The molecule has 0 unspecified atom stereocenters. The van der Waals surface area contributed by atoms with Gasteiger partial charge in [0.25, 0.3) is 0 Å².